The molecule has 0 radical (unpaired) electrons. The minimum atomic E-state index is -4.58. The van der Waals surface area contributed by atoms with Crippen LogP contribution in [0, 0.1) is 0 Å². The molecule has 5 nitrogen and oxygen atoms in total. The quantitative estimate of drug-likeness (QED) is 0.493. The fraction of sp³-hybridized carbons (Fsp3) is 0. The summed E-state index contributed by atoms with van der Waals surface area (Å²) in [5, 5.41) is -0.550. The van der Waals surface area contributed by atoms with E-state index >= 15 is 0 Å². The van der Waals surface area contributed by atoms with E-state index in [9.17, 15) is 13.0 Å². The van der Waals surface area contributed by atoms with Crippen molar-refractivity contribution in [1.29, 1.82) is 0 Å². The van der Waals surface area contributed by atoms with Crippen LogP contribution >= 0.6 is 0 Å². The van der Waals surface area contributed by atoms with Gasteiger partial charge in [0.1, 0.15) is 0 Å². The maximum Gasteiger partial charge on any atom is 1.00 e. The molecule has 0 fully saturated rings. The molecule has 2 aromatic carbocycles. The summed E-state index contributed by atoms with van der Waals surface area (Å²) in [4.78, 5) is 6.44. The van der Waals surface area contributed by atoms with Crippen molar-refractivity contribution in [2.75, 3.05) is 0 Å². The smallest absolute Gasteiger partial charge is 0.742 e. The van der Waals surface area contributed by atoms with Gasteiger partial charge in [-0.05, 0) is 11.6 Å². The molecule has 1 aromatic heterocycles. The largest absolute Gasteiger partial charge is 1.00 e. The molecule has 1 heterocycles. The molecule has 0 aliphatic carbocycles. The molecule has 0 bridgehead atoms. The summed E-state index contributed by atoms with van der Waals surface area (Å²) in [6.07, 6.45) is 0. The Balaban J connectivity index is 0.00000147. The number of rotatable bonds is 2. The van der Waals surface area contributed by atoms with E-state index in [1.807, 2.05) is 36.4 Å². The number of imidazole rings is 1. The third-order valence-electron chi connectivity index (χ3n) is 2.81. The molecule has 0 unspecified atom stereocenters. The van der Waals surface area contributed by atoms with Crippen LogP contribution in [0.2, 0.25) is 0 Å². The van der Waals surface area contributed by atoms with Crippen LogP contribution in [0.1, 0.15) is 0 Å². The molecule has 20 heavy (non-hydrogen) atoms. The maximum absolute atomic E-state index is 11.0. The summed E-state index contributed by atoms with van der Waals surface area (Å²) >= 11 is 0. The van der Waals surface area contributed by atoms with Gasteiger partial charge in [0, 0.05) is 5.56 Å². The van der Waals surface area contributed by atoms with Gasteiger partial charge in [-0.15, -0.1) is 0 Å². The second kappa shape index (κ2) is 6.06. The fourth-order valence-corrected chi connectivity index (χ4v) is 2.42. The normalized spacial score (nSPS) is 11.2. The molecule has 0 aliphatic heterocycles. The van der Waals surface area contributed by atoms with Gasteiger partial charge in [-0.3, -0.25) is 0 Å². The number of nitrogens with zero attached hydrogens (tertiary/aromatic N) is 1. The van der Waals surface area contributed by atoms with E-state index in [-0.39, 0.29) is 51.4 Å². The number of nitrogens with one attached hydrogen (secondary N) is 1. The van der Waals surface area contributed by atoms with Gasteiger partial charge in [0.2, 0.25) is 5.16 Å². The summed E-state index contributed by atoms with van der Waals surface area (Å²) in [7, 11) is -4.58. The van der Waals surface area contributed by atoms with Crippen LogP contribution in [0.15, 0.2) is 53.7 Å². The van der Waals surface area contributed by atoms with Crippen molar-refractivity contribution in [2.24, 2.45) is 0 Å². The van der Waals surface area contributed by atoms with Gasteiger partial charge in [0.25, 0.3) is 0 Å². The third kappa shape index (κ3) is 3.04. The zero-order valence-corrected chi connectivity index (χ0v) is 14.6. The molecule has 3 aromatic rings. The number of aromatic amines is 1. The van der Waals surface area contributed by atoms with Gasteiger partial charge < -0.3 is 9.54 Å². The van der Waals surface area contributed by atoms with Crippen LogP contribution in [-0.2, 0) is 10.1 Å². The third-order valence-corrected chi connectivity index (χ3v) is 3.48. The van der Waals surface area contributed by atoms with Crippen LogP contribution < -0.4 is 51.4 Å². The van der Waals surface area contributed by atoms with Crippen molar-refractivity contribution in [3.8, 4) is 11.1 Å². The second-order valence-corrected chi connectivity index (χ2v) is 5.36. The Bertz CT molecular complexity index is 844. The Morgan fingerprint density at radius 1 is 1.00 bits per heavy atom. The fourth-order valence-electron chi connectivity index (χ4n) is 1.98. The van der Waals surface area contributed by atoms with E-state index in [1.54, 1.807) is 12.1 Å². The van der Waals surface area contributed by atoms with Crippen LogP contribution in [0.25, 0.3) is 22.2 Å². The van der Waals surface area contributed by atoms with Crippen LogP contribution in [0.5, 0.6) is 0 Å². The summed E-state index contributed by atoms with van der Waals surface area (Å²) in [5.41, 5.74) is 2.69. The van der Waals surface area contributed by atoms with E-state index in [2.05, 4.69) is 9.97 Å². The summed E-state index contributed by atoms with van der Waals surface area (Å²) in [6, 6.07) is 14.7. The first-order valence-electron chi connectivity index (χ1n) is 5.56. The van der Waals surface area contributed by atoms with E-state index in [4.69, 9.17) is 0 Å². The molecule has 7 heteroatoms. The number of hydrogen-bond donors (Lipinski definition) is 1. The second-order valence-electron chi connectivity index (χ2n) is 4.06. The average Bonchev–Trinajstić information content (AvgIpc) is 2.83. The van der Waals surface area contributed by atoms with Gasteiger partial charge >= 0.3 is 51.4 Å². The average molecular weight is 312 g/mol. The van der Waals surface area contributed by atoms with Crippen molar-refractivity contribution < 1.29 is 64.4 Å². The molecule has 0 atom stereocenters. The molecule has 0 saturated heterocycles. The number of fused-ring (bicyclic) bond motifs is 1. The Morgan fingerprint density at radius 3 is 2.35 bits per heavy atom. The van der Waals surface area contributed by atoms with E-state index < -0.39 is 15.3 Å². The Morgan fingerprint density at radius 2 is 1.70 bits per heavy atom. The number of aromatic nitrogens is 2. The number of benzene rings is 2. The van der Waals surface area contributed by atoms with Gasteiger partial charge in [0.05, 0.1) is 11.0 Å². The molecule has 0 amide bonds. The van der Waals surface area contributed by atoms with Crippen LogP contribution in [0.4, 0.5) is 0 Å². The molecular weight excluding hydrogens is 303 g/mol. The van der Waals surface area contributed by atoms with Crippen molar-refractivity contribution in [1.82, 2.24) is 9.97 Å². The number of para-hydroxylation sites is 1. The standard InChI is InChI=1S/C13H10N2O3S.K/c16-19(17,18)13-14-11-8-4-7-10(12(11)15-13)9-5-2-1-3-6-9;/h1-8H,(H,14,15)(H,16,17,18);/q;+1/p-1. The van der Waals surface area contributed by atoms with Crippen molar-refractivity contribution in [2.45, 2.75) is 5.16 Å². The monoisotopic (exact) mass is 312 g/mol. The zero-order chi connectivity index (χ0) is 13.5. The summed E-state index contributed by atoms with van der Waals surface area (Å²) in [6.45, 7) is 0. The molecule has 1 N–H and O–H groups in total. The number of H-pyrrole nitrogens is 1. The predicted octanol–water partition coefficient (Wildman–Crippen LogP) is -0.862. The summed E-state index contributed by atoms with van der Waals surface area (Å²) < 4.78 is 33.0. The van der Waals surface area contributed by atoms with E-state index in [0.29, 0.717) is 11.0 Å². The molecule has 3 rings (SSSR count). The van der Waals surface area contributed by atoms with Gasteiger partial charge in [-0.2, -0.15) is 0 Å². The maximum atomic E-state index is 11.0. The number of hydrogen-bond acceptors (Lipinski definition) is 4. The van der Waals surface area contributed by atoms with Gasteiger partial charge in [0.15, 0.2) is 10.1 Å². The van der Waals surface area contributed by atoms with Crippen molar-refractivity contribution >= 4 is 21.2 Å². The zero-order valence-electron chi connectivity index (χ0n) is 10.7. The first-order valence-corrected chi connectivity index (χ1v) is 6.96. The van der Waals surface area contributed by atoms with Gasteiger partial charge in [-0.25, -0.2) is 13.4 Å². The van der Waals surface area contributed by atoms with Crippen molar-refractivity contribution in [3.63, 3.8) is 0 Å². The minimum Gasteiger partial charge on any atom is -0.742 e. The molecule has 96 valence electrons. The minimum absolute atomic E-state index is 0. The van der Waals surface area contributed by atoms with E-state index in [0.717, 1.165) is 11.1 Å². The Kier molecular flexibility index (Phi) is 4.80. The molecule has 0 aliphatic rings. The molecular formula is C13H9KN2O3S. The summed E-state index contributed by atoms with van der Waals surface area (Å²) in [5.74, 6) is 0. The Hall–Kier alpha value is -0.544. The van der Waals surface area contributed by atoms with Crippen molar-refractivity contribution in [3.05, 3.63) is 48.5 Å². The first kappa shape index (κ1) is 15.8. The Labute approximate surface area is 158 Å². The van der Waals surface area contributed by atoms with Crippen LogP contribution in [0.3, 0.4) is 0 Å². The molecule has 0 saturated carbocycles. The topological polar surface area (TPSA) is 85.9 Å². The predicted molar refractivity (Wildman–Crippen MR) is 69.5 cm³/mol. The molecule has 0 spiro atoms. The van der Waals surface area contributed by atoms with E-state index in [1.165, 1.54) is 0 Å². The van der Waals surface area contributed by atoms with Gasteiger partial charge in [-0.1, -0.05) is 42.5 Å². The van der Waals surface area contributed by atoms with Crippen LogP contribution in [-0.4, -0.2) is 22.9 Å². The SMILES string of the molecule is O=S(=O)([O-])c1nc2c(-c3ccccc3)cccc2[nH]1.[K+]. The first-order chi connectivity index (χ1) is 9.05.